The van der Waals surface area contributed by atoms with E-state index in [1.54, 1.807) is 25.5 Å². The number of pyridine rings is 1. The van der Waals surface area contributed by atoms with Gasteiger partial charge in [-0.15, -0.1) is 24.0 Å². The number of hydrogen-bond donors (Lipinski definition) is 3. The molecule has 8 heteroatoms. The normalized spacial score (nSPS) is 10.6. The van der Waals surface area contributed by atoms with Gasteiger partial charge in [-0.3, -0.25) is 14.8 Å². The number of rotatable bonds is 9. The standard InChI is InChI=1S/C20H27N5O2.HI/c1-3-23-20(25-12-13-27-18-8-5-10-22-15-18)24-11-9-16-6-4-7-17(14-16)19(26)21-2;/h4-8,10,14-15H,3,9,11-13H2,1-2H3,(H,21,26)(H2,23,24,25);1H. The highest BCUT2D eigenvalue weighted by atomic mass is 127. The minimum Gasteiger partial charge on any atom is -0.490 e. The molecule has 0 aliphatic heterocycles. The van der Waals surface area contributed by atoms with Crippen LogP contribution in [-0.4, -0.2) is 50.1 Å². The Morgan fingerprint density at radius 3 is 2.79 bits per heavy atom. The molecule has 0 spiro atoms. The lowest BCUT2D eigenvalue weighted by molar-refractivity contribution is 0.0963. The number of nitrogens with one attached hydrogen (secondary N) is 3. The van der Waals surface area contributed by atoms with Crippen LogP contribution in [0.5, 0.6) is 5.75 Å². The zero-order chi connectivity index (χ0) is 19.3. The zero-order valence-corrected chi connectivity index (χ0v) is 18.6. The first-order valence-corrected chi connectivity index (χ1v) is 9.09. The van der Waals surface area contributed by atoms with E-state index >= 15 is 0 Å². The lowest BCUT2D eigenvalue weighted by atomic mass is 10.1. The summed E-state index contributed by atoms with van der Waals surface area (Å²) in [6.07, 6.45) is 4.16. The zero-order valence-electron chi connectivity index (χ0n) is 16.3. The summed E-state index contributed by atoms with van der Waals surface area (Å²) in [6.45, 7) is 4.57. The predicted octanol–water partition coefficient (Wildman–Crippen LogP) is 2.24. The molecule has 0 aliphatic carbocycles. The fourth-order valence-electron chi connectivity index (χ4n) is 2.42. The van der Waals surface area contributed by atoms with E-state index in [-0.39, 0.29) is 29.9 Å². The van der Waals surface area contributed by atoms with Crippen molar-refractivity contribution in [3.63, 3.8) is 0 Å². The Morgan fingerprint density at radius 1 is 1.21 bits per heavy atom. The Labute approximate surface area is 183 Å². The van der Waals surface area contributed by atoms with Gasteiger partial charge in [0.05, 0.1) is 12.7 Å². The van der Waals surface area contributed by atoms with Gasteiger partial charge in [0.1, 0.15) is 12.4 Å². The highest BCUT2D eigenvalue weighted by Crippen LogP contribution is 2.06. The highest BCUT2D eigenvalue weighted by Gasteiger charge is 2.03. The predicted molar refractivity (Wildman–Crippen MR) is 123 cm³/mol. The average molecular weight is 497 g/mol. The molecule has 0 saturated heterocycles. The van der Waals surface area contributed by atoms with Crippen LogP contribution in [0.25, 0.3) is 0 Å². The van der Waals surface area contributed by atoms with Gasteiger partial charge in [0, 0.05) is 31.9 Å². The molecule has 152 valence electrons. The van der Waals surface area contributed by atoms with Crippen LogP contribution in [0.3, 0.4) is 0 Å². The first kappa shape index (κ1) is 23.7. The van der Waals surface area contributed by atoms with Crippen molar-refractivity contribution >= 4 is 35.8 Å². The first-order valence-electron chi connectivity index (χ1n) is 9.09. The number of benzene rings is 1. The maximum absolute atomic E-state index is 11.7. The van der Waals surface area contributed by atoms with Crippen molar-refractivity contribution in [3.8, 4) is 5.75 Å². The highest BCUT2D eigenvalue weighted by molar-refractivity contribution is 14.0. The van der Waals surface area contributed by atoms with E-state index in [2.05, 4.69) is 25.9 Å². The number of aromatic nitrogens is 1. The molecule has 0 unspecified atom stereocenters. The second-order valence-corrected chi connectivity index (χ2v) is 5.75. The van der Waals surface area contributed by atoms with Crippen LogP contribution in [0.4, 0.5) is 0 Å². The number of halogens is 1. The van der Waals surface area contributed by atoms with Crippen molar-refractivity contribution in [1.82, 2.24) is 20.9 Å². The van der Waals surface area contributed by atoms with E-state index < -0.39 is 0 Å². The summed E-state index contributed by atoms with van der Waals surface area (Å²) < 4.78 is 5.61. The summed E-state index contributed by atoms with van der Waals surface area (Å²) in [6, 6.07) is 11.3. The summed E-state index contributed by atoms with van der Waals surface area (Å²) in [7, 11) is 1.63. The van der Waals surface area contributed by atoms with E-state index in [1.807, 2.05) is 37.3 Å². The Balaban J connectivity index is 0.00000392. The first-order chi connectivity index (χ1) is 13.2. The summed E-state index contributed by atoms with van der Waals surface area (Å²) in [5.41, 5.74) is 1.74. The Kier molecular flexibility index (Phi) is 11.6. The van der Waals surface area contributed by atoms with Gasteiger partial charge < -0.3 is 20.7 Å². The van der Waals surface area contributed by atoms with E-state index in [0.717, 1.165) is 30.2 Å². The average Bonchev–Trinajstić information content (AvgIpc) is 2.71. The topological polar surface area (TPSA) is 87.6 Å². The van der Waals surface area contributed by atoms with Gasteiger partial charge >= 0.3 is 0 Å². The van der Waals surface area contributed by atoms with Crippen LogP contribution in [0.15, 0.2) is 53.8 Å². The third-order valence-electron chi connectivity index (χ3n) is 3.73. The van der Waals surface area contributed by atoms with E-state index in [9.17, 15) is 4.79 Å². The van der Waals surface area contributed by atoms with Crippen LogP contribution in [0, 0.1) is 0 Å². The maximum atomic E-state index is 11.7. The molecule has 3 N–H and O–H groups in total. The maximum Gasteiger partial charge on any atom is 0.251 e. The van der Waals surface area contributed by atoms with Crippen LogP contribution in [0.2, 0.25) is 0 Å². The second-order valence-electron chi connectivity index (χ2n) is 5.75. The molecule has 2 rings (SSSR count). The number of aliphatic imine (C=N–C) groups is 1. The number of hydrogen-bond acceptors (Lipinski definition) is 4. The fourth-order valence-corrected chi connectivity index (χ4v) is 2.42. The molecule has 1 heterocycles. The quantitative estimate of drug-likeness (QED) is 0.214. The van der Waals surface area contributed by atoms with Gasteiger partial charge in [0.15, 0.2) is 5.96 Å². The number of carbonyl (C=O) groups is 1. The Hall–Kier alpha value is -2.36. The van der Waals surface area contributed by atoms with Gasteiger partial charge in [0.25, 0.3) is 5.91 Å². The van der Waals surface area contributed by atoms with Crippen LogP contribution < -0.4 is 20.7 Å². The lowest BCUT2D eigenvalue weighted by Gasteiger charge is -2.12. The monoisotopic (exact) mass is 497 g/mol. The number of ether oxygens (including phenoxy) is 1. The van der Waals surface area contributed by atoms with E-state index in [0.29, 0.717) is 25.3 Å². The second kappa shape index (κ2) is 13.8. The molecule has 0 saturated carbocycles. The van der Waals surface area contributed by atoms with E-state index in [1.165, 1.54) is 0 Å². The number of carbonyl (C=O) groups excluding carboxylic acids is 1. The minimum absolute atomic E-state index is 0. The summed E-state index contributed by atoms with van der Waals surface area (Å²) in [4.78, 5) is 20.3. The largest absolute Gasteiger partial charge is 0.490 e. The molecule has 1 aromatic heterocycles. The number of amides is 1. The number of nitrogens with zero attached hydrogens (tertiary/aromatic N) is 2. The van der Waals surface area contributed by atoms with Crippen molar-refractivity contribution in [1.29, 1.82) is 0 Å². The van der Waals surface area contributed by atoms with Crippen molar-refractivity contribution < 1.29 is 9.53 Å². The SMILES string of the molecule is CCNC(=NCCc1cccc(C(=O)NC)c1)NCCOc1cccnc1.I. The Bertz CT molecular complexity index is 740. The summed E-state index contributed by atoms with van der Waals surface area (Å²) in [5, 5.41) is 9.10. The van der Waals surface area contributed by atoms with Crippen molar-refractivity contribution in [2.45, 2.75) is 13.3 Å². The molecular formula is C20H28IN5O2. The molecular weight excluding hydrogens is 469 g/mol. The van der Waals surface area contributed by atoms with Gasteiger partial charge in [-0.05, 0) is 43.2 Å². The molecule has 1 aromatic carbocycles. The molecule has 0 radical (unpaired) electrons. The molecule has 7 nitrogen and oxygen atoms in total. The molecule has 28 heavy (non-hydrogen) atoms. The van der Waals surface area contributed by atoms with E-state index in [4.69, 9.17) is 4.74 Å². The molecule has 0 aliphatic rings. The van der Waals surface area contributed by atoms with Crippen molar-refractivity contribution in [2.24, 2.45) is 4.99 Å². The molecule has 1 amide bonds. The lowest BCUT2D eigenvalue weighted by Crippen LogP contribution is -2.39. The third-order valence-corrected chi connectivity index (χ3v) is 3.73. The smallest absolute Gasteiger partial charge is 0.251 e. The van der Waals surface area contributed by atoms with Crippen molar-refractivity contribution in [3.05, 3.63) is 59.9 Å². The van der Waals surface area contributed by atoms with Gasteiger partial charge in [-0.1, -0.05) is 12.1 Å². The van der Waals surface area contributed by atoms with Gasteiger partial charge in [0.2, 0.25) is 0 Å². The third kappa shape index (κ3) is 8.55. The molecule has 0 atom stereocenters. The minimum atomic E-state index is -0.0797. The Morgan fingerprint density at radius 2 is 2.07 bits per heavy atom. The fraction of sp³-hybridized carbons (Fsp3) is 0.350. The van der Waals surface area contributed by atoms with Gasteiger partial charge in [-0.2, -0.15) is 0 Å². The summed E-state index contributed by atoms with van der Waals surface area (Å²) in [5.74, 6) is 1.41. The van der Waals surface area contributed by atoms with Crippen LogP contribution in [0.1, 0.15) is 22.8 Å². The molecule has 2 aromatic rings. The summed E-state index contributed by atoms with van der Waals surface area (Å²) >= 11 is 0. The number of guanidine groups is 1. The molecule has 0 bridgehead atoms. The van der Waals surface area contributed by atoms with Crippen molar-refractivity contribution in [2.75, 3.05) is 33.3 Å². The van der Waals surface area contributed by atoms with Gasteiger partial charge in [-0.25, -0.2) is 0 Å². The van der Waals surface area contributed by atoms with Crippen LogP contribution in [-0.2, 0) is 6.42 Å². The van der Waals surface area contributed by atoms with Crippen LogP contribution >= 0.6 is 24.0 Å². The molecule has 0 fully saturated rings.